The minimum atomic E-state index is -1.13. The van der Waals surface area contributed by atoms with Gasteiger partial charge in [0.25, 0.3) is 0 Å². The van der Waals surface area contributed by atoms with Crippen molar-refractivity contribution in [3.63, 3.8) is 0 Å². The Morgan fingerprint density at radius 3 is 2.72 bits per heavy atom. The summed E-state index contributed by atoms with van der Waals surface area (Å²) in [6.45, 7) is 3.91. The number of carbonyl (C=O) groups excluding carboxylic acids is 1. The van der Waals surface area contributed by atoms with Crippen LogP contribution in [0.5, 0.6) is 0 Å². The van der Waals surface area contributed by atoms with Crippen molar-refractivity contribution in [3.05, 3.63) is 22.8 Å². The van der Waals surface area contributed by atoms with Gasteiger partial charge < -0.3 is 15.7 Å². The molecule has 0 radical (unpaired) electrons. The van der Waals surface area contributed by atoms with Gasteiger partial charge in [0.1, 0.15) is 22.6 Å². The second-order valence-corrected chi connectivity index (χ2v) is 3.98. The Morgan fingerprint density at radius 1 is 1.50 bits per heavy atom. The van der Waals surface area contributed by atoms with Gasteiger partial charge in [0, 0.05) is 6.54 Å². The number of amides is 1. The number of carboxylic acid groups (broad SMARTS) is 1. The number of hydrogen-bond acceptors (Lipinski definition) is 4. The Kier molecular flexibility index (Phi) is 4.91. The van der Waals surface area contributed by atoms with E-state index < -0.39 is 12.0 Å². The van der Waals surface area contributed by atoms with Crippen molar-refractivity contribution >= 4 is 29.3 Å². The molecule has 1 rings (SSSR count). The maximum absolute atomic E-state index is 11.5. The first-order valence-electron chi connectivity index (χ1n) is 5.39. The first kappa shape index (κ1) is 14.2. The fourth-order valence-electron chi connectivity index (χ4n) is 1.32. The highest BCUT2D eigenvalue weighted by molar-refractivity contribution is 6.29. The lowest BCUT2D eigenvalue weighted by atomic mass is 10.2. The molecule has 0 aliphatic carbocycles. The van der Waals surface area contributed by atoms with Crippen LogP contribution >= 0.6 is 11.6 Å². The van der Waals surface area contributed by atoms with Gasteiger partial charge in [-0.2, -0.15) is 0 Å². The highest BCUT2D eigenvalue weighted by Crippen LogP contribution is 2.17. The molecule has 7 heteroatoms. The SMILES string of the molecule is CCNC(=O)C(C)Nc1nc(Cl)ccc1C(=O)O. The first-order valence-corrected chi connectivity index (χ1v) is 5.77. The minimum Gasteiger partial charge on any atom is -0.478 e. The van der Waals surface area contributed by atoms with Crippen molar-refractivity contribution in [2.75, 3.05) is 11.9 Å². The van der Waals surface area contributed by atoms with Crippen LogP contribution in [0.25, 0.3) is 0 Å². The Bertz CT molecular complexity index is 465. The Morgan fingerprint density at radius 2 is 2.17 bits per heavy atom. The number of halogens is 1. The number of rotatable bonds is 5. The van der Waals surface area contributed by atoms with Crippen LogP contribution in [-0.4, -0.2) is 34.6 Å². The lowest BCUT2D eigenvalue weighted by Gasteiger charge is -2.15. The maximum Gasteiger partial charge on any atom is 0.339 e. The van der Waals surface area contributed by atoms with Gasteiger partial charge in [-0.1, -0.05) is 11.6 Å². The van der Waals surface area contributed by atoms with E-state index in [1.54, 1.807) is 13.8 Å². The molecule has 0 aromatic carbocycles. The number of carbonyl (C=O) groups is 2. The van der Waals surface area contributed by atoms with Crippen molar-refractivity contribution in [1.29, 1.82) is 0 Å². The Hall–Kier alpha value is -1.82. The number of likely N-dealkylation sites (N-methyl/N-ethyl adjacent to an activating group) is 1. The monoisotopic (exact) mass is 271 g/mol. The minimum absolute atomic E-state index is 0.0319. The van der Waals surface area contributed by atoms with E-state index in [0.717, 1.165) is 0 Å². The summed E-state index contributed by atoms with van der Waals surface area (Å²) in [5, 5.41) is 14.5. The standard InChI is InChI=1S/C11H14ClN3O3/c1-3-13-10(16)6(2)14-9-7(11(17)18)4-5-8(12)15-9/h4-6H,3H2,1-2H3,(H,13,16)(H,14,15)(H,17,18). The molecule has 0 aliphatic rings. The zero-order chi connectivity index (χ0) is 13.7. The van der Waals surface area contributed by atoms with Crippen LogP contribution in [0.3, 0.4) is 0 Å². The summed E-state index contributed by atoms with van der Waals surface area (Å²) in [5.74, 6) is -1.30. The van der Waals surface area contributed by atoms with Gasteiger partial charge >= 0.3 is 5.97 Å². The topological polar surface area (TPSA) is 91.3 Å². The number of anilines is 1. The molecule has 1 atom stereocenters. The summed E-state index contributed by atoms with van der Waals surface area (Å²) in [4.78, 5) is 26.4. The number of hydrogen-bond donors (Lipinski definition) is 3. The highest BCUT2D eigenvalue weighted by atomic mass is 35.5. The Balaban J connectivity index is 2.92. The number of aromatic nitrogens is 1. The van der Waals surface area contributed by atoms with E-state index in [1.165, 1.54) is 12.1 Å². The van der Waals surface area contributed by atoms with Gasteiger partial charge in [-0.15, -0.1) is 0 Å². The van der Waals surface area contributed by atoms with Crippen molar-refractivity contribution in [2.45, 2.75) is 19.9 Å². The fraction of sp³-hybridized carbons (Fsp3) is 0.364. The normalized spacial score (nSPS) is 11.7. The van der Waals surface area contributed by atoms with Gasteiger partial charge in [-0.25, -0.2) is 9.78 Å². The van der Waals surface area contributed by atoms with Crippen LogP contribution in [0.2, 0.25) is 5.15 Å². The lowest BCUT2D eigenvalue weighted by molar-refractivity contribution is -0.121. The summed E-state index contributed by atoms with van der Waals surface area (Å²) in [7, 11) is 0. The number of nitrogens with one attached hydrogen (secondary N) is 2. The summed E-state index contributed by atoms with van der Waals surface area (Å²) in [6.07, 6.45) is 0. The van der Waals surface area contributed by atoms with E-state index in [2.05, 4.69) is 15.6 Å². The van der Waals surface area contributed by atoms with Crippen LogP contribution in [0.1, 0.15) is 24.2 Å². The number of nitrogens with zero attached hydrogens (tertiary/aromatic N) is 1. The van der Waals surface area contributed by atoms with E-state index >= 15 is 0 Å². The van der Waals surface area contributed by atoms with Gasteiger partial charge in [0.15, 0.2) is 0 Å². The molecular formula is C11H14ClN3O3. The zero-order valence-electron chi connectivity index (χ0n) is 10.0. The molecular weight excluding hydrogens is 258 g/mol. The maximum atomic E-state index is 11.5. The summed E-state index contributed by atoms with van der Waals surface area (Å²) >= 11 is 5.70. The molecule has 1 aromatic heterocycles. The largest absolute Gasteiger partial charge is 0.478 e. The molecule has 1 heterocycles. The summed E-state index contributed by atoms with van der Waals surface area (Å²) in [5.41, 5.74) is -0.0319. The molecule has 0 saturated carbocycles. The van der Waals surface area contributed by atoms with Gasteiger partial charge in [0.2, 0.25) is 5.91 Å². The fourth-order valence-corrected chi connectivity index (χ4v) is 1.46. The van der Waals surface area contributed by atoms with E-state index in [9.17, 15) is 9.59 Å². The number of pyridine rings is 1. The molecule has 0 spiro atoms. The van der Waals surface area contributed by atoms with E-state index in [1.807, 2.05) is 0 Å². The molecule has 0 bridgehead atoms. The lowest BCUT2D eigenvalue weighted by Crippen LogP contribution is -2.37. The third kappa shape index (κ3) is 3.59. The molecule has 1 unspecified atom stereocenters. The van der Waals surface area contributed by atoms with E-state index in [-0.39, 0.29) is 22.4 Å². The molecule has 0 fully saturated rings. The van der Waals surface area contributed by atoms with E-state index in [0.29, 0.717) is 6.54 Å². The smallest absolute Gasteiger partial charge is 0.339 e. The predicted octanol–water partition coefficient (Wildman–Crippen LogP) is 1.37. The van der Waals surface area contributed by atoms with Gasteiger partial charge in [-0.3, -0.25) is 4.79 Å². The molecule has 1 amide bonds. The summed E-state index contributed by atoms with van der Waals surface area (Å²) < 4.78 is 0. The van der Waals surface area contributed by atoms with Gasteiger partial charge in [0.05, 0.1) is 0 Å². The molecule has 98 valence electrons. The molecule has 18 heavy (non-hydrogen) atoms. The Labute approximate surface area is 109 Å². The first-order chi connectivity index (χ1) is 8.45. The number of aromatic carboxylic acids is 1. The van der Waals surface area contributed by atoms with Crippen molar-refractivity contribution in [3.8, 4) is 0 Å². The quantitative estimate of drug-likeness (QED) is 0.704. The third-order valence-corrected chi connectivity index (χ3v) is 2.40. The molecule has 0 saturated heterocycles. The average molecular weight is 272 g/mol. The highest BCUT2D eigenvalue weighted by Gasteiger charge is 2.17. The zero-order valence-corrected chi connectivity index (χ0v) is 10.8. The average Bonchev–Trinajstić information content (AvgIpc) is 2.28. The summed E-state index contributed by atoms with van der Waals surface area (Å²) in [6, 6.07) is 2.12. The van der Waals surface area contributed by atoms with Gasteiger partial charge in [-0.05, 0) is 26.0 Å². The second kappa shape index (κ2) is 6.20. The molecule has 0 aliphatic heterocycles. The van der Waals surface area contributed by atoms with Crippen LogP contribution in [0.4, 0.5) is 5.82 Å². The molecule has 6 nitrogen and oxygen atoms in total. The van der Waals surface area contributed by atoms with Crippen LogP contribution < -0.4 is 10.6 Å². The number of carboxylic acids is 1. The predicted molar refractivity (Wildman–Crippen MR) is 68.0 cm³/mol. The van der Waals surface area contributed by atoms with Crippen LogP contribution in [-0.2, 0) is 4.79 Å². The van der Waals surface area contributed by atoms with Crippen LogP contribution in [0.15, 0.2) is 12.1 Å². The van der Waals surface area contributed by atoms with Crippen LogP contribution in [0, 0.1) is 0 Å². The van der Waals surface area contributed by atoms with Crippen molar-refractivity contribution < 1.29 is 14.7 Å². The second-order valence-electron chi connectivity index (χ2n) is 3.60. The molecule has 1 aromatic rings. The van der Waals surface area contributed by atoms with Crippen molar-refractivity contribution in [2.24, 2.45) is 0 Å². The third-order valence-electron chi connectivity index (χ3n) is 2.19. The van der Waals surface area contributed by atoms with E-state index in [4.69, 9.17) is 16.7 Å². The van der Waals surface area contributed by atoms with Crippen molar-refractivity contribution in [1.82, 2.24) is 10.3 Å². The molecule has 3 N–H and O–H groups in total.